The van der Waals surface area contributed by atoms with Crippen molar-refractivity contribution in [3.63, 3.8) is 0 Å². The number of Topliss-reactive ketones (excluding diaryl/α,β-unsaturated/α-hetero) is 1. The summed E-state index contributed by atoms with van der Waals surface area (Å²) < 4.78 is 24.2. The molecule has 2 saturated heterocycles. The molecule has 5 aromatic rings. The summed E-state index contributed by atoms with van der Waals surface area (Å²) in [7, 11) is 4.65. The van der Waals surface area contributed by atoms with Gasteiger partial charge in [0.15, 0.2) is 17.3 Å². The van der Waals surface area contributed by atoms with Crippen LogP contribution >= 0.6 is 0 Å². The standard InChI is InChI=1S/C41H46N4O7/c1-49-35-23-29(24-36(50-2)38(35)51-3)40(48)44-22-18-41(27-44,30-9-5-4-6-10-30)17-21-43-19-15-28(16-20-43)37(47)39-42-33-11-7-8-12-34(33)45(39)25-31-13-14-32(26-46)52-31/h4-14,23-24,28,46H,15-22,25-27H2,1-3H3. The number of furan rings is 1. The molecule has 1 N–H and O–H groups in total. The minimum atomic E-state index is -0.198. The number of aromatic nitrogens is 2. The van der Waals surface area contributed by atoms with Crippen molar-refractivity contribution in [2.24, 2.45) is 5.92 Å². The predicted octanol–water partition coefficient (Wildman–Crippen LogP) is 5.96. The monoisotopic (exact) mass is 706 g/mol. The summed E-state index contributed by atoms with van der Waals surface area (Å²) in [6.45, 7) is 3.93. The van der Waals surface area contributed by atoms with E-state index in [0.717, 1.165) is 56.4 Å². The number of methoxy groups -OCH3 is 3. The Balaban J connectivity index is 1.03. The van der Waals surface area contributed by atoms with Crippen LogP contribution < -0.4 is 14.2 Å². The van der Waals surface area contributed by atoms with Crippen LogP contribution in [0.2, 0.25) is 0 Å². The lowest BCUT2D eigenvalue weighted by Crippen LogP contribution is -2.41. The molecule has 0 aliphatic carbocycles. The number of aliphatic hydroxyl groups excluding tert-OH is 1. The van der Waals surface area contributed by atoms with E-state index < -0.39 is 0 Å². The molecule has 2 fully saturated rings. The highest BCUT2D eigenvalue weighted by molar-refractivity contribution is 5.98. The summed E-state index contributed by atoms with van der Waals surface area (Å²) in [4.78, 5) is 37.2. The second kappa shape index (κ2) is 15.2. The van der Waals surface area contributed by atoms with Crippen molar-refractivity contribution < 1.29 is 33.3 Å². The number of piperidine rings is 1. The first kappa shape index (κ1) is 35.3. The molecule has 7 rings (SSSR count). The molecular weight excluding hydrogens is 660 g/mol. The van der Waals surface area contributed by atoms with Crippen molar-refractivity contribution in [2.75, 3.05) is 54.1 Å². The van der Waals surface area contributed by atoms with Gasteiger partial charge in [-0.15, -0.1) is 0 Å². The van der Waals surface area contributed by atoms with Gasteiger partial charge in [0.1, 0.15) is 18.1 Å². The number of carbonyl (C=O) groups excluding carboxylic acids is 2. The van der Waals surface area contributed by atoms with Crippen LogP contribution in [0.25, 0.3) is 11.0 Å². The van der Waals surface area contributed by atoms with Gasteiger partial charge in [0.05, 0.1) is 38.9 Å². The van der Waals surface area contributed by atoms with Gasteiger partial charge in [0.2, 0.25) is 11.5 Å². The molecule has 0 bridgehead atoms. The van der Waals surface area contributed by atoms with Crippen LogP contribution in [-0.4, -0.2) is 90.2 Å². The number of fused-ring (bicyclic) bond motifs is 1. The molecule has 3 aromatic carbocycles. The van der Waals surface area contributed by atoms with Crippen LogP contribution in [0.4, 0.5) is 0 Å². The fraction of sp³-hybridized carbons (Fsp3) is 0.390. The SMILES string of the molecule is COc1cc(C(=O)N2CCC(CCN3CCC(C(=O)c4nc5ccccc5n4Cc4ccc(CO)o4)CC3)(c3ccccc3)C2)cc(OC)c1OC. The summed E-state index contributed by atoms with van der Waals surface area (Å²) in [5, 5.41) is 9.48. The number of rotatable bonds is 13. The Morgan fingerprint density at radius 2 is 1.58 bits per heavy atom. The van der Waals surface area contributed by atoms with Crippen LogP contribution in [-0.2, 0) is 18.6 Å². The molecule has 2 aromatic heterocycles. The number of nitrogens with zero attached hydrogens (tertiary/aromatic N) is 4. The average Bonchev–Trinajstić information content (AvgIpc) is 3.95. The minimum Gasteiger partial charge on any atom is -0.493 e. The molecule has 2 aliphatic heterocycles. The highest BCUT2D eigenvalue weighted by atomic mass is 16.5. The molecule has 11 nitrogen and oxygen atoms in total. The fourth-order valence-corrected chi connectivity index (χ4v) is 7.95. The Labute approximate surface area is 303 Å². The lowest BCUT2D eigenvalue weighted by molar-refractivity contribution is 0.0777. The lowest BCUT2D eigenvalue weighted by Gasteiger charge is -2.36. The number of para-hydroxylation sites is 2. The van der Waals surface area contributed by atoms with Crippen molar-refractivity contribution in [1.82, 2.24) is 19.4 Å². The van der Waals surface area contributed by atoms with E-state index in [1.165, 1.54) is 5.56 Å². The molecule has 1 atom stereocenters. The summed E-state index contributed by atoms with van der Waals surface area (Å²) >= 11 is 0. The van der Waals surface area contributed by atoms with E-state index in [9.17, 15) is 14.7 Å². The zero-order valence-corrected chi connectivity index (χ0v) is 30.0. The number of amides is 1. The van der Waals surface area contributed by atoms with Crippen molar-refractivity contribution in [3.8, 4) is 17.2 Å². The Bertz CT molecular complexity index is 2010. The number of hydrogen-bond acceptors (Lipinski definition) is 9. The molecule has 2 aliphatic rings. The van der Waals surface area contributed by atoms with Gasteiger partial charge in [0.25, 0.3) is 5.91 Å². The van der Waals surface area contributed by atoms with E-state index in [4.69, 9.17) is 23.6 Å². The van der Waals surface area contributed by atoms with E-state index in [-0.39, 0.29) is 29.6 Å². The number of ether oxygens (including phenoxy) is 3. The summed E-state index contributed by atoms with van der Waals surface area (Å²) in [5.74, 6) is 2.83. The van der Waals surface area contributed by atoms with Crippen molar-refractivity contribution >= 4 is 22.7 Å². The van der Waals surface area contributed by atoms with E-state index >= 15 is 0 Å². The second-order valence-corrected chi connectivity index (χ2v) is 13.8. The van der Waals surface area contributed by atoms with Crippen LogP contribution in [0.5, 0.6) is 17.2 Å². The van der Waals surface area contributed by atoms with Crippen molar-refractivity contribution in [3.05, 3.63) is 107 Å². The first-order valence-electron chi connectivity index (χ1n) is 17.9. The number of aliphatic hydroxyl groups is 1. The molecule has 1 unspecified atom stereocenters. The second-order valence-electron chi connectivity index (χ2n) is 13.8. The maximum Gasteiger partial charge on any atom is 0.254 e. The van der Waals surface area contributed by atoms with Gasteiger partial charge in [-0.25, -0.2) is 4.98 Å². The molecule has 0 radical (unpaired) electrons. The summed E-state index contributed by atoms with van der Waals surface area (Å²) in [6.07, 6.45) is 3.25. The first-order chi connectivity index (χ1) is 25.4. The first-order valence-corrected chi connectivity index (χ1v) is 17.9. The quantitative estimate of drug-likeness (QED) is 0.148. The van der Waals surface area contributed by atoms with Gasteiger partial charge in [-0.05, 0) is 87.3 Å². The molecule has 52 heavy (non-hydrogen) atoms. The Morgan fingerprint density at radius 1 is 0.885 bits per heavy atom. The third-order valence-electron chi connectivity index (χ3n) is 10.9. The summed E-state index contributed by atoms with van der Waals surface area (Å²) in [6, 6.07) is 25.3. The van der Waals surface area contributed by atoms with Crippen LogP contribution in [0.3, 0.4) is 0 Å². The zero-order valence-electron chi connectivity index (χ0n) is 30.0. The summed E-state index contributed by atoms with van der Waals surface area (Å²) in [5.41, 5.74) is 3.19. The molecule has 11 heteroatoms. The number of carbonyl (C=O) groups is 2. The fourth-order valence-electron chi connectivity index (χ4n) is 7.95. The van der Waals surface area contributed by atoms with E-state index in [0.29, 0.717) is 59.8 Å². The van der Waals surface area contributed by atoms with Crippen LogP contribution in [0.1, 0.15) is 63.7 Å². The van der Waals surface area contributed by atoms with Gasteiger partial charge >= 0.3 is 0 Å². The van der Waals surface area contributed by atoms with E-state index in [1.807, 2.05) is 45.9 Å². The number of benzene rings is 3. The van der Waals surface area contributed by atoms with Gasteiger partial charge in [-0.2, -0.15) is 0 Å². The van der Waals surface area contributed by atoms with Crippen LogP contribution in [0, 0.1) is 5.92 Å². The maximum atomic E-state index is 14.1. The van der Waals surface area contributed by atoms with Gasteiger partial charge in [-0.1, -0.05) is 42.5 Å². The van der Waals surface area contributed by atoms with E-state index in [2.05, 4.69) is 29.2 Å². The number of hydrogen-bond donors (Lipinski definition) is 1. The van der Waals surface area contributed by atoms with Gasteiger partial charge in [0, 0.05) is 30.0 Å². The van der Waals surface area contributed by atoms with Crippen molar-refractivity contribution in [1.29, 1.82) is 0 Å². The molecule has 0 saturated carbocycles. The number of imidazole rings is 1. The maximum absolute atomic E-state index is 14.1. The molecular formula is C41H46N4O7. The Morgan fingerprint density at radius 3 is 2.25 bits per heavy atom. The zero-order chi connectivity index (χ0) is 36.2. The molecule has 272 valence electrons. The van der Waals surface area contributed by atoms with E-state index in [1.54, 1.807) is 39.5 Å². The van der Waals surface area contributed by atoms with Crippen LogP contribution in [0.15, 0.2) is 83.3 Å². The predicted molar refractivity (Wildman–Crippen MR) is 196 cm³/mol. The highest BCUT2D eigenvalue weighted by Crippen LogP contribution is 2.42. The number of ketones is 1. The third-order valence-corrected chi connectivity index (χ3v) is 10.9. The van der Waals surface area contributed by atoms with Gasteiger partial charge < -0.3 is 38.1 Å². The number of likely N-dealkylation sites (tertiary alicyclic amines) is 2. The smallest absolute Gasteiger partial charge is 0.254 e. The normalized spacial score (nSPS) is 18.2. The Hall–Kier alpha value is -5.13. The average molecular weight is 707 g/mol. The molecule has 4 heterocycles. The third kappa shape index (κ3) is 6.90. The largest absolute Gasteiger partial charge is 0.493 e. The molecule has 1 amide bonds. The Kier molecular flexibility index (Phi) is 10.3. The van der Waals surface area contributed by atoms with Crippen molar-refractivity contribution in [2.45, 2.75) is 44.2 Å². The minimum absolute atomic E-state index is 0.0577. The highest BCUT2D eigenvalue weighted by Gasteiger charge is 2.42. The lowest BCUT2D eigenvalue weighted by atomic mass is 9.76. The van der Waals surface area contributed by atoms with Gasteiger partial charge in [-0.3, -0.25) is 9.59 Å². The topological polar surface area (TPSA) is 120 Å². The molecule has 0 spiro atoms.